The summed E-state index contributed by atoms with van der Waals surface area (Å²) >= 11 is 9.03. The number of amides is 6. The number of hydrogen-bond donors (Lipinski definition) is 12. The van der Waals surface area contributed by atoms with Crippen molar-refractivity contribution in [2.45, 2.75) is 95.1 Å². The van der Waals surface area contributed by atoms with Crippen molar-refractivity contribution in [3.05, 3.63) is 58.3 Å². The van der Waals surface area contributed by atoms with E-state index in [9.17, 15) is 53.7 Å². The van der Waals surface area contributed by atoms with Crippen molar-refractivity contribution < 1.29 is 58.8 Å². The molecule has 1 aliphatic heterocycles. The first-order valence-electron chi connectivity index (χ1n) is 26.0. The third-order valence-electron chi connectivity index (χ3n) is 13.6. The second-order valence-electron chi connectivity index (χ2n) is 19.9. The predicted octanol–water partition coefficient (Wildman–Crippen LogP) is -0.928. The van der Waals surface area contributed by atoms with Gasteiger partial charge in [-0.1, -0.05) is 18.2 Å². The molecule has 0 radical (unpaired) electrons. The number of carboxylic acids is 3. The molecule has 16 N–H and O–H groups in total. The van der Waals surface area contributed by atoms with Crippen LogP contribution in [0.5, 0.6) is 0 Å². The fourth-order valence-electron chi connectivity index (χ4n) is 9.60. The molecule has 78 heavy (non-hydrogen) atoms. The molecule has 432 valence electrons. The van der Waals surface area contributed by atoms with Crippen LogP contribution in [0, 0.1) is 11.8 Å². The van der Waals surface area contributed by atoms with E-state index in [4.69, 9.17) is 40.3 Å². The molecular formula is C50H77BrN14O12S. The molecule has 2 unspecified atom stereocenters. The molecule has 4 atom stereocenters. The second-order valence-corrected chi connectivity index (χ2v) is 21.2. The summed E-state index contributed by atoms with van der Waals surface area (Å²) in [6.07, 6.45) is 3.62. The molecule has 1 aromatic heterocycles. The number of carboxylic acid groups (broad SMARTS) is 3. The fourth-order valence-corrected chi connectivity index (χ4v) is 10.0. The number of carbonyl (C=O) groups excluding carboxylic acids is 5. The largest absolute Gasteiger partial charge is 0.481 e. The minimum absolute atomic E-state index is 0.0107. The number of β-amino-alcohol motifs (C(OH)–C–C–N with tert-alkyl or cyclic N) is 1. The number of hydrogen-bond acceptors (Lipinski definition) is 16. The number of rotatable bonds is 28. The molecule has 2 heterocycles. The molecule has 2 fully saturated rings. The van der Waals surface area contributed by atoms with Gasteiger partial charge < -0.3 is 69.5 Å². The molecule has 2 aromatic rings. The molecule has 4 rings (SSSR count). The lowest BCUT2D eigenvalue weighted by Gasteiger charge is -2.39. The summed E-state index contributed by atoms with van der Waals surface area (Å²) < 4.78 is 0.636. The number of nitrogens with zero attached hydrogens (tertiary/aromatic N) is 6. The Morgan fingerprint density at radius 1 is 0.744 bits per heavy atom. The zero-order valence-electron chi connectivity index (χ0n) is 43.8. The summed E-state index contributed by atoms with van der Waals surface area (Å²) in [4.78, 5) is 111. The van der Waals surface area contributed by atoms with E-state index in [-0.39, 0.29) is 69.4 Å². The minimum Gasteiger partial charge on any atom is -0.481 e. The Kier molecular flexibility index (Phi) is 27.5. The van der Waals surface area contributed by atoms with Crippen molar-refractivity contribution in [1.29, 1.82) is 0 Å². The lowest BCUT2D eigenvalue weighted by Crippen LogP contribution is -2.55. The van der Waals surface area contributed by atoms with Crippen molar-refractivity contribution in [2.75, 3.05) is 90.4 Å². The Morgan fingerprint density at radius 3 is 1.83 bits per heavy atom. The Bertz CT molecular complexity index is 2320. The van der Waals surface area contributed by atoms with E-state index in [1.807, 2.05) is 49.9 Å². The van der Waals surface area contributed by atoms with Crippen LogP contribution in [-0.4, -0.2) is 212 Å². The number of thiocarbonyl (C=S) groups is 1. The van der Waals surface area contributed by atoms with Gasteiger partial charge in [-0.25, -0.2) is 19.4 Å². The summed E-state index contributed by atoms with van der Waals surface area (Å²) in [6.45, 7) is 3.98. The zero-order chi connectivity index (χ0) is 57.3. The highest BCUT2D eigenvalue weighted by atomic mass is 79.9. The third-order valence-corrected chi connectivity index (χ3v) is 14.4. The summed E-state index contributed by atoms with van der Waals surface area (Å²) in [5, 5.41) is 49.9. The van der Waals surface area contributed by atoms with Crippen molar-refractivity contribution in [1.82, 2.24) is 45.4 Å². The molecular weight excluding hydrogens is 1100 g/mol. The second kappa shape index (κ2) is 33.3. The van der Waals surface area contributed by atoms with Crippen molar-refractivity contribution in [2.24, 2.45) is 34.8 Å². The Morgan fingerprint density at radius 2 is 1.29 bits per heavy atom. The van der Waals surface area contributed by atoms with Gasteiger partial charge >= 0.3 is 23.9 Å². The van der Waals surface area contributed by atoms with Gasteiger partial charge in [-0.2, -0.15) is 0 Å². The predicted molar refractivity (Wildman–Crippen MR) is 295 cm³/mol. The lowest BCUT2D eigenvalue weighted by molar-refractivity contribution is -0.141. The maximum Gasteiger partial charge on any atom is 0.326 e. The van der Waals surface area contributed by atoms with Crippen LogP contribution in [0.4, 0.5) is 10.5 Å². The monoisotopic (exact) mass is 1180 g/mol. The molecule has 1 saturated heterocycles. The van der Waals surface area contributed by atoms with E-state index in [0.29, 0.717) is 101 Å². The van der Waals surface area contributed by atoms with E-state index in [2.05, 4.69) is 42.2 Å². The fraction of sp³-hybridized carbons (Fsp3) is 0.600. The number of primary amides is 3. The Balaban J connectivity index is 1.33. The van der Waals surface area contributed by atoms with Crippen LogP contribution in [0.2, 0.25) is 0 Å². The number of carbonyl (C=O) groups is 8. The van der Waals surface area contributed by atoms with Gasteiger partial charge in [-0.3, -0.25) is 43.6 Å². The van der Waals surface area contributed by atoms with Gasteiger partial charge in [0.25, 0.3) is 0 Å². The first-order chi connectivity index (χ1) is 37.0. The maximum atomic E-state index is 14.1. The minimum atomic E-state index is -1.53. The van der Waals surface area contributed by atoms with Gasteiger partial charge in [-0.15, -0.1) is 0 Å². The van der Waals surface area contributed by atoms with Crippen molar-refractivity contribution in [3.63, 3.8) is 0 Å². The molecule has 2 aliphatic rings. The number of aliphatic carboxylic acids is 3. The topological polar surface area (TPSA) is 399 Å². The van der Waals surface area contributed by atoms with Crippen molar-refractivity contribution >= 4 is 86.5 Å². The molecule has 0 bridgehead atoms. The van der Waals surface area contributed by atoms with Crippen LogP contribution in [0.15, 0.2) is 47.2 Å². The highest BCUT2D eigenvalue weighted by Gasteiger charge is 2.31. The van der Waals surface area contributed by atoms with Crippen LogP contribution in [0.3, 0.4) is 0 Å². The van der Waals surface area contributed by atoms with Gasteiger partial charge in [0.05, 0.1) is 19.6 Å². The summed E-state index contributed by atoms with van der Waals surface area (Å²) in [5.41, 5.74) is 25.3. The highest BCUT2D eigenvalue weighted by molar-refractivity contribution is 9.10. The van der Waals surface area contributed by atoms with Gasteiger partial charge in [0.2, 0.25) is 23.6 Å². The molecule has 26 nitrogen and oxygen atoms in total. The molecule has 1 saturated carbocycles. The van der Waals surface area contributed by atoms with Gasteiger partial charge in [-0.05, 0) is 121 Å². The highest BCUT2D eigenvalue weighted by Crippen LogP contribution is 2.31. The van der Waals surface area contributed by atoms with E-state index in [0.717, 1.165) is 29.7 Å². The number of unbranched alkanes of at least 4 members (excludes halogenated alkanes) is 1. The number of anilines is 1. The normalized spacial score (nSPS) is 19.3. The van der Waals surface area contributed by atoms with E-state index in [1.54, 1.807) is 17.2 Å². The van der Waals surface area contributed by atoms with Crippen LogP contribution in [0.25, 0.3) is 0 Å². The number of aromatic nitrogens is 1. The van der Waals surface area contributed by atoms with Crippen LogP contribution in [0.1, 0.15) is 68.9 Å². The summed E-state index contributed by atoms with van der Waals surface area (Å²) in [7, 11) is 0. The molecule has 1 aliphatic carbocycles. The van der Waals surface area contributed by atoms with Crippen LogP contribution in [-0.2, 0) is 46.5 Å². The first-order valence-corrected chi connectivity index (χ1v) is 27.2. The first kappa shape index (κ1) is 64.4. The number of aliphatic hydroxyl groups excluding tert-OH is 1. The van der Waals surface area contributed by atoms with E-state index < -0.39 is 66.4 Å². The average Bonchev–Trinajstić information content (AvgIpc) is 3.37. The van der Waals surface area contributed by atoms with Gasteiger partial charge in [0.15, 0.2) is 5.11 Å². The number of benzene rings is 1. The van der Waals surface area contributed by atoms with Crippen LogP contribution < -0.4 is 44.2 Å². The lowest BCUT2D eigenvalue weighted by atomic mass is 9.81. The summed E-state index contributed by atoms with van der Waals surface area (Å²) in [6, 6.07) is 7.13. The van der Waals surface area contributed by atoms with Gasteiger partial charge in [0.1, 0.15) is 22.9 Å². The van der Waals surface area contributed by atoms with Gasteiger partial charge in [0, 0.05) is 102 Å². The molecule has 0 spiro atoms. The molecule has 1 aromatic carbocycles. The van der Waals surface area contributed by atoms with E-state index >= 15 is 0 Å². The summed E-state index contributed by atoms with van der Waals surface area (Å²) in [5.74, 6) is -5.61. The van der Waals surface area contributed by atoms with Crippen molar-refractivity contribution in [3.8, 4) is 0 Å². The standard InChI is InChI=1S/C50H77BrN14O12S/c51-40-14-8-34(25-56-40)26-65(16-2-1-3-38(47(73)74)59-49(77)60-39(48(75)76)13-15-45(70)71)46(72)35-9-4-33(5-10-35)24-57-50(78)58-36-11-6-32(7-12-36)23-37-27-63(30-43(54)68)20-19-61(28-41(52)66)17-18-62(29-42(53)67)21-22-64(37)31-44(55)69/h6-8,11-12,14,25,33,35,37-39,44,69H,1-5,9-10,13,15-24,26-31,55H2,(H2,52,66)(H2,53,67)(H2,54,68)(H,70,71)(H,73,74)(H,75,76)(H2,57,58,78)(H2,59,60,77)/t33?,35?,37?,38-,39-,44?/m1/s1. The quantitative estimate of drug-likeness (QED) is 0.0212. The Labute approximate surface area is 467 Å². The molecule has 6 amide bonds. The maximum absolute atomic E-state index is 14.1. The molecule has 28 heteroatoms. The zero-order valence-corrected chi connectivity index (χ0v) is 46.2. The number of pyridine rings is 1. The van der Waals surface area contributed by atoms with Crippen LogP contribution >= 0.6 is 28.1 Å². The average molecular weight is 1180 g/mol. The number of urea groups is 1. The number of nitrogens with two attached hydrogens (primary N) is 4. The number of aliphatic hydroxyl groups is 1. The Hall–Kier alpha value is -6.14. The smallest absolute Gasteiger partial charge is 0.326 e. The SMILES string of the molecule is NC(=O)CN1CCN(CC(N)=O)CCN(CC(N)O)C(Cc2ccc(NC(=S)NCC3CCC(C(=O)N(CCCC[C@@H](NC(=O)N[C@H](CCC(=O)O)C(=O)O)C(=O)O)Cc4ccc(Br)nc4)CC3)cc2)CN(CC(N)=O)CC1. The third kappa shape index (κ3) is 24.7. The number of nitrogens with one attached hydrogen (secondary N) is 4. The number of halogens is 1. The van der Waals surface area contributed by atoms with E-state index in [1.165, 1.54) is 0 Å².